The summed E-state index contributed by atoms with van der Waals surface area (Å²) in [5, 5.41) is 4.86. The number of fused-ring (bicyclic) bond motifs is 1. The third-order valence-corrected chi connectivity index (χ3v) is 6.13. The summed E-state index contributed by atoms with van der Waals surface area (Å²) in [5.41, 5.74) is 6.64. The Bertz CT molecular complexity index is 1190. The zero-order valence-electron chi connectivity index (χ0n) is 16.0. The lowest BCUT2D eigenvalue weighted by atomic mass is 10.2. The van der Waals surface area contributed by atoms with Gasteiger partial charge in [-0.1, -0.05) is 88.4 Å². The van der Waals surface area contributed by atoms with Crippen molar-refractivity contribution < 1.29 is 4.79 Å². The molecule has 0 radical (unpaired) electrons. The predicted octanol–water partition coefficient (Wildman–Crippen LogP) is 5.09. The molecule has 0 unspecified atom stereocenters. The molecule has 1 heterocycles. The zero-order valence-corrected chi connectivity index (χ0v) is 18.4. The van der Waals surface area contributed by atoms with Gasteiger partial charge in [0.1, 0.15) is 0 Å². The molecule has 4 rings (SSSR count). The van der Waals surface area contributed by atoms with E-state index in [1.54, 1.807) is 6.21 Å². The highest BCUT2D eigenvalue weighted by Gasteiger charge is 2.13. The number of hydrazone groups is 1. The lowest BCUT2D eigenvalue weighted by molar-refractivity contribution is -0.118. The first-order valence-corrected chi connectivity index (χ1v) is 11.2. The minimum absolute atomic E-state index is 0.179. The summed E-state index contributed by atoms with van der Waals surface area (Å²) in [6.45, 7) is 0.700. The number of rotatable bonds is 7. The first-order chi connectivity index (χ1) is 14.7. The highest BCUT2D eigenvalue weighted by atomic mass is 79.9. The van der Waals surface area contributed by atoms with Crippen LogP contribution in [0.3, 0.4) is 0 Å². The Kier molecular flexibility index (Phi) is 6.61. The lowest BCUT2D eigenvalue weighted by Crippen LogP contribution is -2.20. The third kappa shape index (κ3) is 4.98. The summed E-state index contributed by atoms with van der Waals surface area (Å²) in [7, 11) is 0. The van der Waals surface area contributed by atoms with Crippen LogP contribution in [0.4, 0.5) is 0 Å². The van der Waals surface area contributed by atoms with Crippen molar-refractivity contribution in [3.8, 4) is 0 Å². The molecule has 0 aliphatic heterocycles. The summed E-state index contributed by atoms with van der Waals surface area (Å²) >= 11 is 4.86. The third-order valence-electron chi connectivity index (χ3n) is 4.43. The van der Waals surface area contributed by atoms with Crippen molar-refractivity contribution >= 4 is 50.8 Å². The van der Waals surface area contributed by atoms with Crippen LogP contribution >= 0.6 is 27.7 Å². The molecule has 0 aliphatic carbocycles. The number of imidazole rings is 1. The van der Waals surface area contributed by atoms with E-state index in [1.807, 2.05) is 60.7 Å². The Labute approximate surface area is 187 Å². The molecule has 7 heteroatoms. The Morgan fingerprint density at radius 3 is 2.60 bits per heavy atom. The number of thioether (sulfide) groups is 1. The standard InChI is InChI=1S/C23H19BrN4OS/c24-19-11-5-4-10-18(19)14-25-27-22(29)16-30-23-26-20-12-6-7-13-21(20)28(23)15-17-8-2-1-3-9-17/h1-14H,15-16H2,(H,27,29)/b25-14-. The molecule has 150 valence electrons. The second-order valence-electron chi connectivity index (χ2n) is 6.56. The molecule has 1 N–H and O–H groups in total. The van der Waals surface area contributed by atoms with Crippen LogP contribution in [0.15, 0.2) is 93.6 Å². The largest absolute Gasteiger partial charge is 0.314 e. The van der Waals surface area contributed by atoms with Crippen LogP contribution in [0.1, 0.15) is 11.1 Å². The minimum Gasteiger partial charge on any atom is -0.314 e. The molecule has 0 saturated heterocycles. The number of aromatic nitrogens is 2. The molecule has 1 aromatic heterocycles. The Balaban J connectivity index is 1.45. The lowest BCUT2D eigenvalue weighted by Gasteiger charge is -2.09. The van der Waals surface area contributed by atoms with E-state index < -0.39 is 0 Å². The monoisotopic (exact) mass is 478 g/mol. The number of hydrogen-bond acceptors (Lipinski definition) is 4. The van der Waals surface area contributed by atoms with Gasteiger partial charge in [-0.15, -0.1) is 0 Å². The van der Waals surface area contributed by atoms with E-state index in [0.717, 1.165) is 26.2 Å². The van der Waals surface area contributed by atoms with Gasteiger partial charge >= 0.3 is 0 Å². The SMILES string of the molecule is O=C(CSc1nc2ccccc2n1Cc1ccccc1)N/N=C\c1ccccc1Br. The Morgan fingerprint density at radius 1 is 1.03 bits per heavy atom. The van der Waals surface area contributed by atoms with E-state index in [4.69, 9.17) is 4.98 Å². The van der Waals surface area contributed by atoms with Gasteiger partial charge in [-0.3, -0.25) is 4.79 Å². The number of para-hydroxylation sites is 2. The van der Waals surface area contributed by atoms with Crippen molar-refractivity contribution in [2.24, 2.45) is 5.10 Å². The van der Waals surface area contributed by atoms with Gasteiger partial charge < -0.3 is 4.57 Å². The number of carbonyl (C=O) groups excluding carboxylic acids is 1. The second-order valence-corrected chi connectivity index (χ2v) is 8.36. The summed E-state index contributed by atoms with van der Waals surface area (Å²) in [5.74, 6) is 0.0485. The van der Waals surface area contributed by atoms with Crippen LogP contribution in [-0.2, 0) is 11.3 Å². The zero-order chi connectivity index (χ0) is 20.8. The van der Waals surface area contributed by atoms with Crippen molar-refractivity contribution in [3.63, 3.8) is 0 Å². The van der Waals surface area contributed by atoms with Crippen LogP contribution in [0.5, 0.6) is 0 Å². The topological polar surface area (TPSA) is 59.3 Å². The molecule has 30 heavy (non-hydrogen) atoms. The fourth-order valence-electron chi connectivity index (χ4n) is 3.00. The van der Waals surface area contributed by atoms with Crippen molar-refractivity contribution in [1.29, 1.82) is 0 Å². The van der Waals surface area contributed by atoms with Crippen molar-refractivity contribution in [1.82, 2.24) is 15.0 Å². The number of amides is 1. The number of hydrogen-bond donors (Lipinski definition) is 1. The molecule has 5 nitrogen and oxygen atoms in total. The van der Waals surface area contributed by atoms with Crippen molar-refractivity contribution in [2.45, 2.75) is 11.7 Å². The van der Waals surface area contributed by atoms with Crippen LogP contribution in [-0.4, -0.2) is 27.4 Å². The normalized spacial score (nSPS) is 11.2. The van der Waals surface area contributed by atoms with Gasteiger partial charge in [0.05, 0.1) is 29.5 Å². The fourth-order valence-corrected chi connectivity index (χ4v) is 4.19. The molecule has 0 bridgehead atoms. The molecule has 3 aromatic carbocycles. The first kappa shape index (κ1) is 20.4. The van der Waals surface area contributed by atoms with Gasteiger partial charge in [0.25, 0.3) is 5.91 Å². The summed E-state index contributed by atoms with van der Waals surface area (Å²) in [6.07, 6.45) is 1.62. The number of nitrogens with one attached hydrogen (secondary N) is 1. The molecule has 0 spiro atoms. The van der Waals surface area contributed by atoms with Gasteiger partial charge in [0.15, 0.2) is 5.16 Å². The van der Waals surface area contributed by atoms with Crippen molar-refractivity contribution in [3.05, 3.63) is 94.5 Å². The van der Waals surface area contributed by atoms with Gasteiger partial charge in [-0.25, -0.2) is 10.4 Å². The Morgan fingerprint density at radius 2 is 1.77 bits per heavy atom. The molecule has 0 aliphatic rings. The molecular weight excluding hydrogens is 460 g/mol. The minimum atomic E-state index is -0.179. The van der Waals surface area contributed by atoms with E-state index in [2.05, 4.69) is 49.2 Å². The molecule has 1 amide bonds. The summed E-state index contributed by atoms with van der Waals surface area (Å²) < 4.78 is 3.07. The van der Waals surface area contributed by atoms with E-state index in [1.165, 1.54) is 17.3 Å². The van der Waals surface area contributed by atoms with E-state index in [9.17, 15) is 4.79 Å². The summed E-state index contributed by atoms with van der Waals surface area (Å²) in [4.78, 5) is 17.0. The van der Waals surface area contributed by atoms with Gasteiger partial charge in [-0.2, -0.15) is 5.10 Å². The van der Waals surface area contributed by atoms with E-state index >= 15 is 0 Å². The van der Waals surface area contributed by atoms with E-state index in [0.29, 0.717) is 6.54 Å². The van der Waals surface area contributed by atoms with Gasteiger partial charge in [0, 0.05) is 10.0 Å². The van der Waals surface area contributed by atoms with Crippen LogP contribution in [0.2, 0.25) is 0 Å². The molecule has 0 saturated carbocycles. The number of benzene rings is 3. The Hall–Kier alpha value is -2.90. The molecule has 0 atom stereocenters. The second kappa shape index (κ2) is 9.73. The first-order valence-electron chi connectivity index (χ1n) is 9.39. The van der Waals surface area contributed by atoms with Crippen LogP contribution in [0.25, 0.3) is 11.0 Å². The predicted molar refractivity (Wildman–Crippen MR) is 126 cm³/mol. The highest BCUT2D eigenvalue weighted by molar-refractivity contribution is 9.10. The van der Waals surface area contributed by atoms with Crippen LogP contribution < -0.4 is 5.43 Å². The maximum atomic E-state index is 12.3. The number of nitrogens with zero attached hydrogens (tertiary/aromatic N) is 3. The molecule has 4 aromatic rings. The van der Waals surface area contributed by atoms with Gasteiger partial charge in [-0.05, 0) is 23.8 Å². The molecular formula is C23H19BrN4OS. The highest BCUT2D eigenvalue weighted by Crippen LogP contribution is 2.25. The molecule has 0 fully saturated rings. The summed E-state index contributed by atoms with van der Waals surface area (Å²) in [6, 6.07) is 25.9. The average Bonchev–Trinajstić information content (AvgIpc) is 3.12. The van der Waals surface area contributed by atoms with Crippen LogP contribution in [0, 0.1) is 0 Å². The maximum Gasteiger partial charge on any atom is 0.250 e. The smallest absolute Gasteiger partial charge is 0.250 e. The fraction of sp³-hybridized carbons (Fsp3) is 0.0870. The van der Waals surface area contributed by atoms with Gasteiger partial charge in [0.2, 0.25) is 0 Å². The number of halogens is 1. The number of carbonyl (C=O) groups is 1. The van der Waals surface area contributed by atoms with E-state index in [-0.39, 0.29) is 11.7 Å². The van der Waals surface area contributed by atoms with Crippen molar-refractivity contribution in [2.75, 3.05) is 5.75 Å². The maximum absolute atomic E-state index is 12.3. The quantitative estimate of drug-likeness (QED) is 0.228. The average molecular weight is 479 g/mol.